The number of benzene rings is 2. The molecule has 10 heteroatoms. The highest BCUT2D eigenvalue weighted by Crippen LogP contribution is 2.12. The number of aromatic nitrogens is 1. The first-order valence-corrected chi connectivity index (χ1v) is 10.1. The Morgan fingerprint density at radius 1 is 0.867 bits per heavy atom. The van der Waals surface area contributed by atoms with Gasteiger partial charge in [0.25, 0.3) is 11.8 Å². The predicted octanol–water partition coefficient (Wildman–Crippen LogP) is -1.48. The molecule has 3 aromatic rings. The monoisotopic (exact) mass is 446 g/mol. The fourth-order valence-electron chi connectivity index (χ4n) is 2.57. The summed E-state index contributed by atoms with van der Waals surface area (Å²) in [6.07, 6.45) is 3.24. The van der Waals surface area contributed by atoms with Crippen molar-refractivity contribution in [3.63, 3.8) is 0 Å². The van der Waals surface area contributed by atoms with Crippen LogP contribution in [0.5, 0.6) is 0 Å². The Balaban J connectivity index is 0.00000320. The molecule has 3 rings (SSSR count). The van der Waals surface area contributed by atoms with Crippen LogP contribution in [0, 0.1) is 0 Å². The summed E-state index contributed by atoms with van der Waals surface area (Å²) in [6, 6.07) is 17.9. The zero-order valence-corrected chi connectivity index (χ0v) is 17.2. The Morgan fingerprint density at radius 2 is 1.50 bits per heavy atom. The second-order valence-electron chi connectivity index (χ2n) is 6.20. The molecule has 156 valence electrons. The number of anilines is 2. The maximum Gasteiger partial charge on any atom is 0.290 e. The molecule has 0 radical (unpaired) electrons. The van der Waals surface area contributed by atoms with Crippen LogP contribution in [0.2, 0.25) is 0 Å². The SMILES string of the molecule is NS(=O)(=O)c1ccc(NC(=O)C[n+]2cccc(C(=O)Nc3ccccc3)c2)cc1.[Cl-]. The van der Waals surface area contributed by atoms with E-state index in [1.54, 1.807) is 41.2 Å². The van der Waals surface area contributed by atoms with Gasteiger partial charge in [0.1, 0.15) is 5.56 Å². The Morgan fingerprint density at radius 3 is 2.13 bits per heavy atom. The number of hydrogen-bond donors (Lipinski definition) is 3. The largest absolute Gasteiger partial charge is 1.00 e. The quantitative estimate of drug-likeness (QED) is 0.399. The molecule has 0 spiro atoms. The maximum atomic E-state index is 12.4. The van der Waals surface area contributed by atoms with Gasteiger partial charge in [-0.2, -0.15) is 4.57 Å². The summed E-state index contributed by atoms with van der Waals surface area (Å²) in [5, 5.41) is 10.5. The molecule has 4 N–H and O–H groups in total. The number of primary sulfonamides is 1. The van der Waals surface area contributed by atoms with E-state index in [1.807, 2.05) is 18.2 Å². The average molecular weight is 447 g/mol. The summed E-state index contributed by atoms with van der Waals surface area (Å²) < 4.78 is 24.1. The third-order valence-electron chi connectivity index (χ3n) is 3.94. The molecule has 0 bridgehead atoms. The number of para-hydroxylation sites is 1. The van der Waals surface area contributed by atoms with E-state index < -0.39 is 10.0 Å². The minimum atomic E-state index is -3.79. The first kappa shape index (κ1) is 23.0. The summed E-state index contributed by atoms with van der Waals surface area (Å²) in [5.41, 5.74) is 1.51. The van der Waals surface area contributed by atoms with Gasteiger partial charge in [0.15, 0.2) is 12.4 Å². The summed E-state index contributed by atoms with van der Waals surface area (Å²) in [5.74, 6) is -0.622. The smallest absolute Gasteiger partial charge is 0.290 e. The lowest BCUT2D eigenvalue weighted by Crippen LogP contribution is -3.00. The number of carbonyl (C=O) groups is 2. The van der Waals surface area contributed by atoms with Crippen molar-refractivity contribution in [1.29, 1.82) is 0 Å². The molecule has 0 saturated carbocycles. The van der Waals surface area contributed by atoms with Gasteiger partial charge < -0.3 is 23.0 Å². The zero-order chi connectivity index (χ0) is 20.9. The number of sulfonamides is 1. The van der Waals surface area contributed by atoms with Crippen molar-refractivity contribution in [3.05, 3.63) is 84.7 Å². The molecule has 1 aromatic heterocycles. The number of nitrogens with one attached hydrogen (secondary N) is 2. The molecule has 0 aliphatic heterocycles. The van der Waals surface area contributed by atoms with Crippen LogP contribution in [-0.2, 0) is 21.4 Å². The second-order valence-corrected chi connectivity index (χ2v) is 7.76. The number of rotatable bonds is 6. The summed E-state index contributed by atoms with van der Waals surface area (Å²) >= 11 is 0. The van der Waals surface area contributed by atoms with Crippen molar-refractivity contribution in [2.45, 2.75) is 11.4 Å². The average Bonchev–Trinajstić information content (AvgIpc) is 2.68. The number of halogens is 1. The number of hydrogen-bond acceptors (Lipinski definition) is 4. The predicted molar refractivity (Wildman–Crippen MR) is 107 cm³/mol. The van der Waals surface area contributed by atoms with E-state index in [-0.39, 0.29) is 35.7 Å². The molecule has 2 amide bonds. The lowest BCUT2D eigenvalue weighted by Gasteiger charge is -2.06. The third-order valence-corrected chi connectivity index (χ3v) is 4.87. The van der Waals surface area contributed by atoms with Crippen LogP contribution in [0.25, 0.3) is 0 Å². The van der Waals surface area contributed by atoms with Gasteiger partial charge in [0.2, 0.25) is 16.6 Å². The van der Waals surface area contributed by atoms with Crippen molar-refractivity contribution >= 4 is 33.2 Å². The molecule has 0 aliphatic carbocycles. The Bertz CT molecular complexity index is 1140. The number of carbonyl (C=O) groups excluding carboxylic acids is 2. The molecule has 0 aliphatic rings. The molecule has 30 heavy (non-hydrogen) atoms. The van der Waals surface area contributed by atoms with E-state index in [1.165, 1.54) is 24.3 Å². The van der Waals surface area contributed by atoms with E-state index in [0.717, 1.165) is 0 Å². The standard InChI is InChI=1S/C20H18N4O4S.ClH/c21-29(27,28)18-10-8-17(9-11-18)22-19(25)14-24-12-4-5-15(13-24)20(26)23-16-6-2-1-3-7-16;/h1-13H,14H2,(H3-,21,22,23,25,26,27,28);1H. The fourth-order valence-corrected chi connectivity index (χ4v) is 3.09. The van der Waals surface area contributed by atoms with Crippen LogP contribution >= 0.6 is 0 Å². The van der Waals surface area contributed by atoms with Crippen molar-refractivity contribution in [2.24, 2.45) is 5.14 Å². The summed E-state index contributed by atoms with van der Waals surface area (Å²) in [6.45, 7) is -0.0244. The number of nitrogens with two attached hydrogens (primary N) is 1. The third kappa shape index (κ3) is 6.38. The topological polar surface area (TPSA) is 122 Å². The minimum absolute atomic E-state index is 0. The summed E-state index contributed by atoms with van der Waals surface area (Å²) in [7, 11) is -3.79. The van der Waals surface area contributed by atoms with Gasteiger partial charge in [0.05, 0.1) is 4.90 Å². The molecule has 0 atom stereocenters. The molecule has 1 heterocycles. The Hall–Kier alpha value is -3.27. The lowest BCUT2D eigenvalue weighted by molar-refractivity contribution is -0.684. The van der Waals surface area contributed by atoms with Gasteiger partial charge in [-0.1, -0.05) is 18.2 Å². The van der Waals surface area contributed by atoms with Gasteiger partial charge in [-0.3, -0.25) is 9.59 Å². The van der Waals surface area contributed by atoms with Crippen molar-refractivity contribution < 1.29 is 35.0 Å². The van der Waals surface area contributed by atoms with Crippen LogP contribution in [-0.4, -0.2) is 20.2 Å². The molecular weight excluding hydrogens is 428 g/mol. The van der Waals surface area contributed by atoms with Crippen molar-refractivity contribution in [2.75, 3.05) is 10.6 Å². The van der Waals surface area contributed by atoms with Crippen molar-refractivity contribution in [1.82, 2.24) is 0 Å². The second kappa shape index (κ2) is 9.97. The van der Waals surface area contributed by atoms with Gasteiger partial charge >= 0.3 is 0 Å². The van der Waals surface area contributed by atoms with Crippen LogP contribution in [0.3, 0.4) is 0 Å². The summed E-state index contributed by atoms with van der Waals surface area (Å²) in [4.78, 5) is 24.6. The Kier molecular flexibility index (Phi) is 7.65. The van der Waals surface area contributed by atoms with Crippen LogP contribution < -0.4 is 32.7 Å². The Labute approximate surface area is 180 Å². The molecule has 2 aromatic carbocycles. The molecule has 0 saturated heterocycles. The zero-order valence-electron chi connectivity index (χ0n) is 15.7. The molecule has 8 nitrogen and oxygen atoms in total. The number of nitrogens with zero attached hydrogens (tertiary/aromatic N) is 1. The van der Waals surface area contributed by atoms with E-state index in [9.17, 15) is 18.0 Å². The highest BCUT2D eigenvalue weighted by Gasteiger charge is 2.15. The van der Waals surface area contributed by atoms with Gasteiger partial charge in [0, 0.05) is 17.4 Å². The van der Waals surface area contributed by atoms with Gasteiger partial charge in [-0.25, -0.2) is 13.6 Å². The minimum Gasteiger partial charge on any atom is -1.00 e. The van der Waals surface area contributed by atoms with Gasteiger partial charge in [-0.15, -0.1) is 0 Å². The van der Waals surface area contributed by atoms with E-state index >= 15 is 0 Å². The van der Waals surface area contributed by atoms with Gasteiger partial charge in [-0.05, 0) is 42.5 Å². The van der Waals surface area contributed by atoms with E-state index in [4.69, 9.17) is 5.14 Å². The molecule has 0 fully saturated rings. The number of amides is 2. The van der Waals surface area contributed by atoms with E-state index in [0.29, 0.717) is 16.9 Å². The first-order valence-electron chi connectivity index (χ1n) is 8.59. The highest BCUT2D eigenvalue weighted by atomic mass is 35.5. The number of pyridine rings is 1. The van der Waals surface area contributed by atoms with E-state index in [2.05, 4.69) is 10.6 Å². The van der Waals surface area contributed by atoms with Crippen LogP contribution in [0.1, 0.15) is 10.4 Å². The van der Waals surface area contributed by atoms with Crippen LogP contribution in [0.15, 0.2) is 84.0 Å². The van der Waals surface area contributed by atoms with Crippen LogP contribution in [0.4, 0.5) is 11.4 Å². The lowest BCUT2D eigenvalue weighted by atomic mass is 10.2. The fraction of sp³-hybridized carbons (Fsp3) is 0.0500. The highest BCUT2D eigenvalue weighted by molar-refractivity contribution is 7.89. The maximum absolute atomic E-state index is 12.4. The van der Waals surface area contributed by atoms with Crippen molar-refractivity contribution in [3.8, 4) is 0 Å². The normalized spacial score (nSPS) is 10.6. The first-order chi connectivity index (χ1) is 13.8. The molecular formula is C20H19ClN4O4S. The molecule has 0 unspecified atom stereocenters.